The summed E-state index contributed by atoms with van der Waals surface area (Å²) in [6, 6.07) is 0. The molecule has 1 saturated heterocycles. The zero-order chi connectivity index (χ0) is 10.4. The summed E-state index contributed by atoms with van der Waals surface area (Å²) in [6.07, 6.45) is 1.26. The minimum absolute atomic E-state index is 0.544. The first-order chi connectivity index (χ1) is 6.71. The molecule has 14 heavy (non-hydrogen) atoms. The number of hydrogen-bond donors (Lipinski definition) is 3. The van der Waals surface area contributed by atoms with E-state index in [-0.39, 0.29) is 0 Å². The number of hydrogen-bond acceptors (Lipinski definition) is 4. The molecule has 0 aromatic carbocycles. The van der Waals surface area contributed by atoms with Gasteiger partial charge in [0.15, 0.2) is 0 Å². The number of carbonyl (C=O) groups is 1. The standard InChI is InChI=1S/C9H18N2O3/c1-14-7-6-11-9(8(12)13)2-4-10-5-3-9/h10-11H,2-7H2,1H3,(H,12,13). The van der Waals surface area contributed by atoms with Gasteiger partial charge in [-0.1, -0.05) is 0 Å². The monoisotopic (exact) mass is 202 g/mol. The third-order valence-corrected chi connectivity index (χ3v) is 2.64. The largest absolute Gasteiger partial charge is 0.480 e. The van der Waals surface area contributed by atoms with Gasteiger partial charge < -0.3 is 15.2 Å². The molecular weight excluding hydrogens is 184 g/mol. The Hall–Kier alpha value is -0.650. The lowest BCUT2D eigenvalue weighted by Gasteiger charge is -2.34. The maximum absolute atomic E-state index is 11.1. The maximum atomic E-state index is 11.1. The lowest BCUT2D eigenvalue weighted by molar-refractivity contribution is -0.146. The molecule has 0 saturated carbocycles. The van der Waals surface area contributed by atoms with Crippen molar-refractivity contribution in [3.05, 3.63) is 0 Å². The van der Waals surface area contributed by atoms with E-state index in [9.17, 15) is 4.79 Å². The molecule has 0 radical (unpaired) electrons. The quantitative estimate of drug-likeness (QED) is 0.521. The van der Waals surface area contributed by atoms with Crippen LogP contribution in [0.25, 0.3) is 0 Å². The van der Waals surface area contributed by atoms with Gasteiger partial charge in [0.05, 0.1) is 6.61 Å². The van der Waals surface area contributed by atoms with Crippen LogP contribution in [-0.2, 0) is 9.53 Å². The van der Waals surface area contributed by atoms with Crippen LogP contribution in [0.1, 0.15) is 12.8 Å². The number of methoxy groups -OCH3 is 1. The molecule has 0 aromatic rings. The second kappa shape index (κ2) is 5.29. The highest BCUT2D eigenvalue weighted by molar-refractivity contribution is 5.79. The fourth-order valence-electron chi connectivity index (χ4n) is 1.71. The molecule has 0 atom stereocenters. The van der Waals surface area contributed by atoms with Gasteiger partial charge in [0.25, 0.3) is 0 Å². The van der Waals surface area contributed by atoms with E-state index in [0.29, 0.717) is 26.0 Å². The van der Waals surface area contributed by atoms with Crippen LogP contribution < -0.4 is 10.6 Å². The summed E-state index contributed by atoms with van der Waals surface area (Å²) in [6.45, 7) is 2.64. The van der Waals surface area contributed by atoms with Crippen LogP contribution in [0.4, 0.5) is 0 Å². The van der Waals surface area contributed by atoms with Crippen LogP contribution in [0.2, 0.25) is 0 Å². The summed E-state index contributed by atoms with van der Waals surface area (Å²) in [5.74, 6) is -0.755. The summed E-state index contributed by atoms with van der Waals surface area (Å²) in [5.41, 5.74) is -0.746. The van der Waals surface area contributed by atoms with E-state index in [0.717, 1.165) is 13.1 Å². The van der Waals surface area contributed by atoms with Crippen molar-refractivity contribution in [2.75, 3.05) is 33.4 Å². The van der Waals surface area contributed by atoms with E-state index >= 15 is 0 Å². The molecule has 82 valence electrons. The maximum Gasteiger partial charge on any atom is 0.323 e. The van der Waals surface area contributed by atoms with E-state index < -0.39 is 11.5 Å². The topological polar surface area (TPSA) is 70.6 Å². The Balaban J connectivity index is 2.47. The average molecular weight is 202 g/mol. The molecule has 1 rings (SSSR count). The van der Waals surface area contributed by atoms with Crippen LogP contribution in [0.15, 0.2) is 0 Å². The highest BCUT2D eigenvalue weighted by Crippen LogP contribution is 2.18. The Morgan fingerprint density at radius 1 is 1.57 bits per heavy atom. The van der Waals surface area contributed by atoms with E-state index in [1.165, 1.54) is 0 Å². The van der Waals surface area contributed by atoms with Crippen LogP contribution in [0, 0.1) is 0 Å². The Labute approximate surface area is 83.8 Å². The highest BCUT2D eigenvalue weighted by Gasteiger charge is 2.38. The van der Waals surface area contributed by atoms with Gasteiger partial charge in [-0.25, -0.2) is 0 Å². The summed E-state index contributed by atoms with van der Waals surface area (Å²) in [7, 11) is 1.61. The predicted octanol–water partition coefficient (Wildman–Crippen LogP) is -0.571. The number of carboxylic acid groups (broad SMARTS) is 1. The molecule has 1 aliphatic rings. The number of carboxylic acids is 1. The van der Waals surface area contributed by atoms with Gasteiger partial charge in [0.1, 0.15) is 5.54 Å². The summed E-state index contributed by atoms with van der Waals surface area (Å²) < 4.78 is 4.89. The molecule has 5 nitrogen and oxygen atoms in total. The molecule has 0 aliphatic carbocycles. The minimum Gasteiger partial charge on any atom is -0.480 e. The lowest BCUT2D eigenvalue weighted by atomic mass is 9.88. The Kier molecular flexibility index (Phi) is 4.31. The number of piperidine rings is 1. The smallest absolute Gasteiger partial charge is 0.323 e. The molecule has 5 heteroatoms. The first-order valence-corrected chi connectivity index (χ1v) is 4.89. The SMILES string of the molecule is COCCNC1(C(=O)O)CCNCC1. The second-order valence-electron chi connectivity index (χ2n) is 3.56. The molecule has 0 unspecified atom stereocenters. The van der Waals surface area contributed by atoms with Crippen molar-refractivity contribution in [2.24, 2.45) is 0 Å². The van der Waals surface area contributed by atoms with Gasteiger partial charge in [-0.15, -0.1) is 0 Å². The lowest BCUT2D eigenvalue weighted by Crippen LogP contribution is -2.58. The molecule has 1 heterocycles. The first kappa shape index (κ1) is 11.4. The van der Waals surface area contributed by atoms with Gasteiger partial charge in [-0.05, 0) is 25.9 Å². The minimum atomic E-state index is -0.755. The summed E-state index contributed by atoms with van der Waals surface area (Å²) in [4.78, 5) is 11.1. The summed E-state index contributed by atoms with van der Waals surface area (Å²) >= 11 is 0. The fraction of sp³-hybridized carbons (Fsp3) is 0.889. The molecule has 0 bridgehead atoms. The molecule has 0 amide bonds. The van der Waals surface area contributed by atoms with Gasteiger partial charge >= 0.3 is 5.97 Å². The van der Waals surface area contributed by atoms with Crippen LogP contribution in [0.5, 0.6) is 0 Å². The highest BCUT2D eigenvalue weighted by atomic mass is 16.5. The third-order valence-electron chi connectivity index (χ3n) is 2.64. The first-order valence-electron chi connectivity index (χ1n) is 4.89. The number of aliphatic carboxylic acids is 1. The Bertz CT molecular complexity index is 190. The molecule has 3 N–H and O–H groups in total. The number of nitrogens with one attached hydrogen (secondary N) is 2. The van der Waals surface area contributed by atoms with Crippen LogP contribution in [-0.4, -0.2) is 50.0 Å². The van der Waals surface area contributed by atoms with Gasteiger partial charge in [0.2, 0.25) is 0 Å². The molecule has 0 spiro atoms. The normalized spacial score (nSPS) is 20.6. The van der Waals surface area contributed by atoms with Crippen molar-refractivity contribution >= 4 is 5.97 Å². The van der Waals surface area contributed by atoms with Crippen molar-refractivity contribution in [2.45, 2.75) is 18.4 Å². The van der Waals surface area contributed by atoms with Crippen molar-refractivity contribution in [3.8, 4) is 0 Å². The van der Waals surface area contributed by atoms with E-state index in [4.69, 9.17) is 9.84 Å². The van der Waals surface area contributed by atoms with Gasteiger partial charge in [-0.2, -0.15) is 0 Å². The Morgan fingerprint density at radius 2 is 2.21 bits per heavy atom. The van der Waals surface area contributed by atoms with Crippen LogP contribution >= 0.6 is 0 Å². The van der Waals surface area contributed by atoms with Crippen LogP contribution in [0.3, 0.4) is 0 Å². The predicted molar refractivity (Wildman–Crippen MR) is 52.3 cm³/mol. The van der Waals surface area contributed by atoms with Crippen molar-refractivity contribution in [1.29, 1.82) is 0 Å². The Morgan fingerprint density at radius 3 is 2.71 bits per heavy atom. The number of ether oxygens (including phenoxy) is 1. The van der Waals surface area contributed by atoms with E-state index in [1.807, 2.05) is 0 Å². The summed E-state index contributed by atoms with van der Waals surface area (Å²) in [5, 5.41) is 15.4. The molecule has 1 aliphatic heterocycles. The molecule has 1 fully saturated rings. The third kappa shape index (κ3) is 2.67. The zero-order valence-corrected chi connectivity index (χ0v) is 8.51. The fourth-order valence-corrected chi connectivity index (χ4v) is 1.71. The van der Waals surface area contributed by atoms with Crippen molar-refractivity contribution < 1.29 is 14.6 Å². The van der Waals surface area contributed by atoms with E-state index in [1.54, 1.807) is 7.11 Å². The van der Waals surface area contributed by atoms with Crippen molar-refractivity contribution in [3.63, 3.8) is 0 Å². The molecular formula is C9H18N2O3. The van der Waals surface area contributed by atoms with E-state index in [2.05, 4.69) is 10.6 Å². The van der Waals surface area contributed by atoms with Crippen molar-refractivity contribution in [1.82, 2.24) is 10.6 Å². The van der Waals surface area contributed by atoms with Gasteiger partial charge in [-0.3, -0.25) is 10.1 Å². The van der Waals surface area contributed by atoms with Gasteiger partial charge in [0, 0.05) is 13.7 Å². The average Bonchev–Trinajstić information content (AvgIpc) is 2.19. The molecule has 0 aromatic heterocycles. The second-order valence-corrected chi connectivity index (χ2v) is 3.56. The zero-order valence-electron chi connectivity index (χ0n) is 8.51. The number of rotatable bonds is 5.